The molecule has 0 bridgehead atoms. The van der Waals surface area contributed by atoms with Gasteiger partial charge in [0.05, 0.1) is 11.3 Å². The first-order chi connectivity index (χ1) is 14.4. The van der Waals surface area contributed by atoms with E-state index in [-0.39, 0.29) is 11.8 Å². The van der Waals surface area contributed by atoms with Crippen molar-refractivity contribution in [3.8, 4) is 5.75 Å². The molecule has 2 amide bonds. The second-order valence-corrected chi connectivity index (χ2v) is 7.16. The van der Waals surface area contributed by atoms with E-state index in [0.717, 1.165) is 16.7 Å². The van der Waals surface area contributed by atoms with Crippen molar-refractivity contribution in [2.45, 2.75) is 33.4 Å². The summed E-state index contributed by atoms with van der Waals surface area (Å²) in [6.07, 6.45) is 2.65. The van der Waals surface area contributed by atoms with Crippen LogP contribution in [-0.2, 0) is 11.3 Å². The van der Waals surface area contributed by atoms with Crippen LogP contribution in [0.5, 0.6) is 5.75 Å². The van der Waals surface area contributed by atoms with E-state index in [1.54, 1.807) is 43.6 Å². The number of aromatic nitrogens is 1. The third kappa shape index (κ3) is 5.67. The first-order valence-corrected chi connectivity index (χ1v) is 9.74. The number of carbonyl (C=O) groups is 2. The Labute approximate surface area is 176 Å². The summed E-state index contributed by atoms with van der Waals surface area (Å²) in [6, 6.07) is 16.4. The molecule has 3 rings (SSSR count). The molecule has 6 nitrogen and oxygen atoms in total. The maximum absolute atomic E-state index is 12.7. The first-order valence-electron chi connectivity index (χ1n) is 9.74. The fourth-order valence-corrected chi connectivity index (χ4v) is 3.06. The van der Waals surface area contributed by atoms with Crippen LogP contribution in [0.25, 0.3) is 0 Å². The summed E-state index contributed by atoms with van der Waals surface area (Å²) in [5.41, 5.74) is 3.83. The average molecular weight is 403 g/mol. The minimum absolute atomic E-state index is 0.280. The zero-order valence-corrected chi connectivity index (χ0v) is 17.3. The van der Waals surface area contributed by atoms with Crippen LogP contribution in [0.4, 0.5) is 5.69 Å². The Morgan fingerprint density at radius 2 is 1.77 bits per heavy atom. The summed E-state index contributed by atoms with van der Waals surface area (Å²) in [6.45, 7) is 5.98. The number of hydrogen-bond acceptors (Lipinski definition) is 4. The molecule has 3 aromatic rings. The van der Waals surface area contributed by atoms with E-state index in [1.165, 1.54) is 0 Å². The normalized spacial score (nSPS) is 11.4. The molecule has 6 heteroatoms. The Morgan fingerprint density at radius 3 is 2.47 bits per heavy atom. The highest BCUT2D eigenvalue weighted by atomic mass is 16.5. The number of ether oxygens (including phenoxy) is 1. The van der Waals surface area contributed by atoms with Crippen LogP contribution in [0.3, 0.4) is 0 Å². The lowest BCUT2D eigenvalue weighted by molar-refractivity contribution is -0.122. The molecule has 0 unspecified atom stereocenters. The van der Waals surface area contributed by atoms with Crippen LogP contribution in [0.1, 0.15) is 34.0 Å². The molecule has 0 aliphatic rings. The molecule has 30 heavy (non-hydrogen) atoms. The van der Waals surface area contributed by atoms with Gasteiger partial charge >= 0.3 is 0 Å². The predicted molar refractivity (Wildman–Crippen MR) is 116 cm³/mol. The lowest BCUT2D eigenvalue weighted by Gasteiger charge is -2.17. The van der Waals surface area contributed by atoms with Crippen molar-refractivity contribution < 1.29 is 14.3 Å². The molecule has 0 saturated heterocycles. The number of carbonyl (C=O) groups excluding carboxylic acids is 2. The molecule has 0 fully saturated rings. The minimum Gasteiger partial charge on any atom is -0.481 e. The number of amides is 2. The lowest BCUT2D eigenvalue weighted by atomic mass is 10.1. The smallest absolute Gasteiger partial charge is 0.265 e. The zero-order chi connectivity index (χ0) is 21.5. The highest BCUT2D eigenvalue weighted by Crippen LogP contribution is 2.19. The molecule has 154 valence electrons. The van der Waals surface area contributed by atoms with Crippen molar-refractivity contribution in [2.24, 2.45) is 0 Å². The molecule has 0 radical (unpaired) electrons. The van der Waals surface area contributed by atoms with Gasteiger partial charge in [-0.25, -0.2) is 0 Å². The highest BCUT2D eigenvalue weighted by molar-refractivity contribution is 6.04. The van der Waals surface area contributed by atoms with Gasteiger partial charge in [0.25, 0.3) is 11.8 Å². The van der Waals surface area contributed by atoms with Gasteiger partial charge in [-0.1, -0.05) is 24.3 Å². The largest absolute Gasteiger partial charge is 0.481 e. The van der Waals surface area contributed by atoms with Crippen molar-refractivity contribution in [1.82, 2.24) is 10.3 Å². The zero-order valence-electron chi connectivity index (χ0n) is 17.3. The molecular formula is C24H25N3O3. The number of aryl methyl sites for hydroxylation is 2. The van der Waals surface area contributed by atoms with Crippen molar-refractivity contribution in [3.63, 3.8) is 0 Å². The molecule has 1 atom stereocenters. The predicted octanol–water partition coefficient (Wildman–Crippen LogP) is 4.03. The molecule has 2 aromatic carbocycles. The molecule has 0 aliphatic heterocycles. The number of pyridine rings is 1. The van der Waals surface area contributed by atoms with Gasteiger partial charge in [-0.3, -0.25) is 14.6 Å². The second kappa shape index (κ2) is 9.69. The standard InChI is InChI=1S/C24H25N3O3/c1-16-11-17(2)13-20(12-16)30-18(3)23(28)27-22-9-5-4-8-21(22)24(29)26-15-19-7-6-10-25-14-19/h4-14,18H,15H2,1-3H3,(H,26,29)(H,27,28)/t18-/m1/s1. The maximum Gasteiger partial charge on any atom is 0.265 e. The number of para-hydroxylation sites is 1. The summed E-state index contributed by atoms with van der Waals surface area (Å²) in [5.74, 6) is 0.0250. The Kier molecular flexibility index (Phi) is 6.80. The number of hydrogen-bond donors (Lipinski definition) is 2. The first kappa shape index (κ1) is 21.0. The summed E-state index contributed by atoms with van der Waals surface area (Å²) < 4.78 is 5.80. The van der Waals surface area contributed by atoms with Crippen LogP contribution < -0.4 is 15.4 Å². The van der Waals surface area contributed by atoms with E-state index < -0.39 is 6.10 Å². The summed E-state index contributed by atoms with van der Waals surface area (Å²) in [7, 11) is 0. The van der Waals surface area contributed by atoms with Crippen LogP contribution in [0.2, 0.25) is 0 Å². The van der Waals surface area contributed by atoms with Crippen molar-refractivity contribution in [3.05, 3.63) is 89.2 Å². The number of nitrogens with zero attached hydrogens (tertiary/aromatic N) is 1. The SMILES string of the molecule is Cc1cc(C)cc(O[C@H](C)C(=O)Nc2ccccc2C(=O)NCc2cccnc2)c1. The molecule has 1 heterocycles. The van der Waals surface area contributed by atoms with Gasteiger partial charge < -0.3 is 15.4 Å². The van der Waals surface area contributed by atoms with Crippen LogP contribution in [0.15, 0.2) is 67.0 Å². The van der Waals surface area contributed by atoms with Crippen LogP contribution in [-0.4, -0.2) is 22.9 Å². The Bertz CT molecular complexity index is 1010. The summed E-state index contributed by atoms with van der Waals surface area (Å²) >= 11 is 0. The quantitative estimate of drug-likeness (QED) is 0.624. The number of nitrogens with one attached hydrogen (secondary N) is 2. The number of benzene rings is 2. The van der Waals surface area contributed by atoms with E-state index in [0.29, 0.717) is 23.5 Å². The second-order valence-electron chi connectivity index (χ2n) is 7.16. The van der Waals surface area contributed by atoms with Gasteiger partial charge in [-0.2, -0.15) is 0 Å². The third-order valence-electron chi connectivity index (χ3n) is 4.48. The van der Waals surface area contributed by atoms with Gasteiger partial charge in [0, 0.05) is 18.9 Å². The summed E-state index contributed by atoms with van der Waals surface area (Å²) in [4.78, 5) is 29.3. The van der Waals surface area contributed by atoms with Crippen molar-refractivity contribution >= 4 is 17.5 Å². The Hall–Kier alpha value is -3.67. The molecule has 1 aromatic heterocycles. The van der Waals surface area contributed by atoms with Crippen LogP contribution in [0, 0.1) is 13.8 Å². The minimum atomic E-state index is -0.724. The third-order valence-corrected chi connectivity index (χ3v) is 4.48. The molecule has 0 spiro atoms. The monoisotopic (exact) mass is 403 g/mol. The van der Waals surface area contributed by atoms with Crippen LogP contribution >= 0.6 is 0 Å². The topological polar surface area (TPSA) is 80.3 Å². The highest BCUT2D eigenvalue weighted by Gasteiger charge is 2.18. The summed E-state index contributed by atoms with van der Waals surface area (Å²) in [5, 5.41) is 5.65. The van der Waals surface area contributed by atoms with Gasteiger partial charge in [-0.05, 0) is 67.8 Å². The fourth-order valence-electron chi connectivity index (χ4n) is 3.06. The Balaban J connectivity index is 1.65. The number of rotatable bonds is 7. The van der Waals surface area contributed by atoms with Gasteiger partial charge in [0.2, 0.25) is 0 Å². The van der Waals surface area contributed by atoms with E-state index in [1.807, 2.05) is 44.2 Å². The fraction of sp³-hybridized carbons (Fsp3) is 0.208. The van der Waals surface area contributed by atoms with E-state index in [2.05, 4.69) is 15.6 Å². The number of anilines is 1. The van der Waals surface area contributed by atoms with Crippen molar-refractivity contribution in [1.29, 1.82) is 0 Å². The molecule has 2 N–H and O–H groups in total. The van der Waals surface area contributed by atoms with Gasteiger partial charge in [0.1, 0.15) is 5.75 Å². The lowest BCUT2D eigenvalue weighted by Crippen LogP contribution is -2.31. The molecule has 0 aliphatic carbocycles. The van der Waals surface area contributed by atoms with E-state index in [4.69, 9.17) is 4.74 Å². The molecular weight excluding hydrogens is 378 g/mol. The molecule has 0 saturated carbocycles. The van der Waals surface area contributed by atoms with E-state index in [9.17, 15) is 9.59 Å². The van der Waals surface area contributed by atoms with E-state index >= 15 is 0 Å². The Morgan fingerprint density at radius 1 is 1.03 bits per heavy atom. The van der Waals surface area contributed by atoms with Crippen molar-refractivity contribution in [2.75, 3.05) is 5.32 Å². The average Bonchev–Trinajstić information content (AvgIpc) is 2.72. The van der Waals surface area contributed by atoms with Gasteiger partial charge in [0.15, 0.2) is 6.10 Å². The maximum atomic E-state index is 12.7. The van der Waals surface area contributed by atoms with Gasteiger partial charge in [-0.15, -0.1) is 0 Å².